The Hall–Kier alpha value is -2.23. The van der Waals surface area contributed by atoms with Gasteiger partial charge >= 0.3 is 0 Å². The molecule has 0 amide bonds. The standard InChI is InChI=1S/C20H23N3O4S2/c1-2-16-7-5-6-14-23(16)29(26,27)17-12-10-15(11-13-17)21-20-18-8-3-4-9-19(18)28(24,25)22-20/h3-4,8-13,16H,2,5-7,14H2,1H3,(H,21,22)/t16-/m0/s1. The summed E-state index contributed by atoms with van der Waals surface area (Å²) in [5.41, 5.74) is 1.07. The molecule has 2 aromatic carbocycles. The largest absolute Gasteiger partial charge is 0.339 e. The molecule has 0 unspecified atom stereocenters. The van der Waals surface area contributed by atoms with Gasteiger partial charge in [-0.05, 0) is 55.7 Å². The Labute approximate surface area is 171 Å². The molecule has 2 aliphatic heterocycles. The highest BCUT2D eigenvalue weighted by molar-refractivity contribution is 7.90. The monoisotopic (exact) mass is 433 g/mol. The molecule has 0 aliphatic carbocycles. The minimum atomic E-state index is -3.71. The van der Waals surface area contributed by atoms with E-state index in [0.717, 1.165) is 25.7 Å². The highest BCUT2D eigenvalue weighted by Gasteiger charge is 2.32. The number of hydrogen-bond acceptors (Lipinski definition) is 5. The first-order valence-electron chi connectivity index (χ1n) is 9.66. The van der Waals surface area contributed by atoms with E-state index in [1.807, 2.05) is 6.92 Å². The van der Waals surface area contributed by atoms with Crippen molar-refractivity contribution in [3.8, 4) is 0 Å². The Morgan fingerprint density at radius 1 is 1.10 bits per heavy atom. The number of hydrogen-bond donors (Lipinski definition) is 1. The lowest BCUT2D eigenvalue weighted by Crippen LogP contribution is -2.43. The molecule has 2 aliphatic rings. The summed E-state index contributed by atoms with van der Waals surface area (Å²) in [6, 6.07) is 13.0. The molecule has 29 heavy (non-hydrogen) atoms. The second-order valence-corrected chi connectivity index (χ2v) is 10.7. The molecular formula is C20H23N3O4S2. The Morgan fingerprint density at radius 2 is 1.83 bits per heavy atom. The molecule has 0 radical (unpaired) electrons. The maximum absolute atomic E-state index is 13.1. The van der Waals surface area contributed by atoms with E-state index in [-0.39, 0.29) is 21.7 Å². The lowest BCUT2D eigenvalue weighted by molar-refractivity contribution is 0.246. The van der Waals surface area contributed by atoms with Gasteiger partial charge in [-0.3, -0.25) is 0 Å². The van der Waals surface area contributed by atoms with Crippen LogP contribution in [0.1, 0.15) is 38.2 Å². The maximum atomic E-state index is 13.1. The normalized spacial score (nSPS) is 21.4. The Morgan fingerprint density at radius 3 is 2.55 bits per heavy atom. The molecule has 0 bridgehead atoms. The van der Waals surface area contributed by atoms with E-state index >= 15 is 0 Å². The van der Waals surface area contributed by atoms with E-state index in [1.165, 1.54) is 6.07 Å². The van der Waals surface area contributed by atoms with E-state index in [9.17, 15) is 16.8 Å². The lowest BCUT2D eigenvalue weighted by Gasteiger charge is -2.34. The fraction of sp³-hybridized carbons (Fsp3) is 0.350. The molecule has 0 aromatic heterocycles. The summed E-state index contributed by atoms with van der Waals surface area (Å²) in [5.74, 6) is 0.235. The molecule has 9 heteroatoms. The van der Waals surface area contributed by atoms with Crippen LogP contribution in [0.3, 0.4) is 0 Å². The van der Waals surface area contributed by atoms with Crippen molar-refractivity contribution in [3.63, 3.8) is 0 Å². The van der Waals surface area contributed by atoms with Crippen molar-refractivity contribution in [2.24, 2.45) is 4.40 Å². The highest BCUT2D eigenvalue weighted by atomic mass is 32.2. The molecule has 154 valence electrons. The van der Waals surface area contributed by atoms with Crippen molar-refractivity contribution in [2.45, 2.75) is 48.4 Å². The molecule has 2 aromatic rings. The van der Waals surface area contributed by atoms with Crippen LogP contribution in [-0.2, 0) is 20.0 Å². The zero-order valence-electron chi connectivity index (χ0n) is 16.1. The van der Waals surface area contributed by atoms with Gasteiger partial charge in [0, 0.05) is 23.8 Å². The van der Waals surface area contributed by atoms with Crippen molar-refractivity contribution in [2.75, 3.05) is 11.9 Å². The molecule has 4 rings (SSSR count). The molecular weight excluding hydrogens is 410 g/mol. The second kappa shape index (κ2) is 7.55. The minimum Gasteiger partial charge on any atom is -0.339 e. The van der Waals surface area contributed by atoms with Gasteiger partial charge < -0.3 is 5.32 Å². The molecule has 7 nitrogen and oxygen atoms in total. The first kappa shape index (κ1) is 20.1. The van der Waals surface area contributed by atoms with Crippen LogP contribution in [0.2, 0.25) is 0 Å². The first-order valence-corrected chi connectivity index (χ1v) is 12.5. The smallest absolute Gasteiger partial charge is 0.285 e. The zero-order valence-corrected chi connectivity index (χ0v) is 17.7. The predicted octanol–water partition coefficient (Wildman–Crippen LogP) is 3.20. The number of fused-ring (bicyclic) bond motifs is 1. The van der Waals surface area contributed by atoms with Crippen LogP contribution in [0.25, 0.3) is 0 Å². The summed E-state index contributed by atoms with van der Waals surface area (Å²) in [5, 5.41) is 2.99. The van der Waals surface area contributed by atoms with Gasteiger partial charge in [-0.15, -0.1) is 4.40 Å². The van der Waals surface area contributed by atoms with Gasteiger partial charge in [-0.25, -0.2) is 8.42 Å². The number of sulfonamides is 2. The number of nitrogens with one attached hydrogen (secondary N) is 1. The van der Waals surface area contributed by atoms with Gasteiger partial charge in [-0.2, -0.15) is 12.7 Å². The van der Waals surface area contributed by atoms with Gasteiger partial charge in [0.25, 0.3) is 10.0 Å². The van der Waals surface area contributed by atoms with Gasteiger partial charge in [-0.1, -0.05) is 25.5 Å². The van der Waals surface area contributed by atoms with Gasteiger partial charge in [0.05, 0.1) is 4.90 Å². The summed E-state index contributed by atoms with van der Waals surface area (Å²) in [6.45, 7) is 2.56. The third-order valence-electron chi connectivity index (χ3n) is 5.40. The summed E-state index contributed by atoms with van der Waals surface area (Å²) >= 11 is 0. The van der Waals surface area contributed by atoms with Crippen LogP contribution < -0.4 is 5.32 Å². The van der Waals surface area contributed by atoms with Crippen LogP contribution >= 0.6 is 0 Å². The van der Waals surface area contributed by atoms with Crippen molar-refractivity contribution in [3.05, 3.63) is 54.1 Å². The number of anilines is 1. The number of nitrogens with zero attached hydrogens (tertiary/aromatic N) is 2. The van der Waals surface area contributed by atoms with E-state index in [2.05, 4.69) is 9.71 Å². The fourth-order valence-corrected chi connectivity index (χ4v) is 6.82. The molecule has 0 spiro atoms. The molecule has 2 heterocycles. The van der Waals surface area contributed by atoms with E-state index in [4.69, 9.17) is 0 Å². The van der Waals surface area contributed by atoms with E-state index in [0.29, 0.717) is 17.8 Å². The Kier molecular flexibility index (Phi) is 5.22. The average Bonchev–Trinajstić information content (AvgIpc) is 2.98. The van der Waals surface area contributed by atoms with Crippen molar-refractivity contribution < 1.29 is 16.8 Å². The van der Waals surface area contributed by atoms with Crippen molar-refractivity contribution in [1.82, 2.24) is 4.31 Å². The molecule has 1 fully saturated rings. The quantitative estimate of drug-likeness (QED) is 0.799. The maximum Gasteiger partial charge on any atom is 0.285 e. The minimum absolute atomic E-state index is 0.0427. The Bertz CT molecular complexity index is 1160. The summed E-state index contributed by atoms with van der Waals surface area (Å²) < 4.78 is 55.9. The number of amidine groups is 1. The fourth-order valence-electron chi connectivity index (χ4n) is 3.88. The average molecular weight is 434 g/mol. The van der Waals surface area contributed by atoms with E-state index in [1.54, 1.807) is 46.8 Å². The van der Waals surface area contributed by atoms with Crippen LogP contribution in [0.5, 0.6) is 0 Å². The number of benzene rings is 2. The van der Waals surface area contributed by atoms with Gasteiger partial charge in [0.1, 0.15) is 4.90 Å². The van der Waals surface area contributed by atoms with Crippen molar-refractivity contribution in [1.29, 1.82) is 0 Å². The van der Waals surface area contributed by atoms with Crippen LogP contribution in [-0.4, -0.2) is 39.6 Å². The molecule has 1 atom stereocenters. The topological polar surface area (TPSA) is 95.9 Å². The van der Waals surface area contributed by atoms with Gasteiger partial charge in [0.15, 0.2) is 5.84 Å². The predicted molar refractivity (Wildman–Crippen MR) is 112 cm³/mol. The summed E-state index contributed by atoms with van der Waals surface area (Å²) in [6.07, 6.45) is 3.62. The van der Waals surface area contributed by atoms with Crippen LogP contribution in [0.15, 0.2) is 62.7 Å². The lowest BCUT2D eigenvalue weighted by atomic mass is 10.0. The van der Waals surface area contributed by atoms with Crippen molar-refractivity contribution >= 4 is 31.6 Å². The zero-order chi connectivity index (χ0) is 20.6. The highest BCUT2D eigenvalue weighted by Crippen LogP contribution is 2.29. The van der Waals surface area contributed by atoms with Gasteiger partial charge in [0.2, 0.25) is 10.0 Å². The third kappa shape index (κ3) is 3.70. The first-order chi connectivity index (χ1) is 13.8. The molecule has 0 saturated carbocycles. The SMILES string of the molecule is CC[C@H]1CCCCN1S(=O)(=O)c1ccc(NC2=NS(=O)(=O)c3ccccc32)cc1. The van der Waals surface area contributed by atoms with Crippen LogP contribution in [0.4, 0.5) is 5.69 Å². The summed E-state index contributed by atoms with van der Waals surface area (Å²) in [7, 11) is -7.26. The van der Waals surface area contributed by atoms with Crippen LogP contribution in [0, 0.1) is 0 Å². The summed E-state index contributed by atoms with van der Waals surface area (Å²) in [4.78, 5) is 0.405. The number of piperidine rings is 1. The third-order valence-corrected chi connectivity index (χ3v) is 8.70. The molecule has 1 N–H and O–H groups in total. The van der Waals surface area contributed by atoms with E-state index < -0.39 is 20.0 Å². The second-order valence-electron chi connectivity index (χ2n) is 7.23. The Balaban J connectivity index is 1.58. The number of rotatable bonds is 4. The molecule has 1 saturated heterocycles.